The van der Waals surface area contributed by atoms with Crippen LogP contribution >= 0.6 is 0 Å². The number of ether oxygens (including phenoxy) is 2. The van der Waals surface area contributed by atoms with Crippen molar-refractivity contribution < 1.29 is 9.47 Å². The summed E-state index contributed by atoms with van der Waals surface area (Å²) in [6.07, 6.45) is 1.67. The average molecular weight is 260 g/mol. The van der Waals surface area contributed by atoms with Gasteiger partial charge in [-0.3, -0.25) is 0 Å². The fraction of sp³-hybridized carbons (Fsp3) is 0.231. The Bertz CT molecular complexity index is 587. The number of methoxy groups -OCH3 is 2. The summed E-state index contributed by atoms with van der Waals surface area (Å²) in [5, 5.41) is 3.17. The van der Waals surface area contributed by atoms with Gasteiger partial charge in [0.25, 0.3) is 0 Å². The van der Waals surface area contributed by atoms with Crippen LogP contribution in [0.4, 0.5) is 17.5 Å². The summed E-state index contributed by atoms with van der Waals surface area (Å²) in [7, 11) is 3.21. The van der Waals surface area contributed by atoms with Crippen LogP contribution in [0.15, 0.2) is 24.4 Å². The van der Waals surface area contributed by atoms with E-state index in [1.807, 2.05) is 19.1 Å². The highest BCUT2D eigenvalue weighted by atomic mass is 16.5. The van der Waals surface area contributed by atoms with Gasteiger partial charge in [0, 0.05) is 17.8 Å². The molecular weight excluding hydrogens is 244 g/mol. The first kappa shape index (κ1) is 12.9. The molecule has 0 atom stereocenters. The molecule has 2 aromatic rings. The van der Waals surface area contributed by atoms with E-state index in [2.05, 4.69) is 15.3 Å². The van der Waals surface area contributed by atoms with Crippen LogP contribution in [-0.4, -0.2) is 24.2 Å². The number of hydrogen-bond donors (Lipinski definition) is 2. The van der Waals surface area contributed by atoms with Crippen molar-refractivity contribution in [2.75, 3.05) is 25.3 Å². The molecule has 19 heavy (non-hydrogen) atoms. The van der Waals surface area contributed by atoms with Crippen molar-refractivity contribution in [1.29, 1.82) is 0 Å². The molecule has 6 nitrogen and oxygen atoms in total. The lowest BCUT2D eigenvalue weighted by molar-refractivity contribution is 0.395. The Kier molecular flexibility index (Phi) is 3.70. The number of aryl methyl sites for hydroxylation is 1. The van der Waals surface area contributed by atoms with E-state index in [0.717, 1.165) is 17.0 Å². The van der Waals surface area contributed by atoms with E-state index in [4.69, 9.17) is 15.2 Å². The first-order chi connectivity index (χ1) is 9.13. The maximum absolute atomic E-state index is 5.58. The monoisotopic (exact) mass is 260 g/mol. The Morgan fingerprint density at radius 2 is 2.00 bits per heavy atom. The molecule has 0 amide bonds. The summed E-state index contributed by atoms with van der Waals surface area (Å²) in [4.78, 5) is 8.08. The summed E-state index contributed by atoms with van der Waals surface area (Å²) in [6.45, 7) is 1.90. The maximum Gasteiger partial charge on any atom is 0.221 e. The van der Waals surface area contributed by atoms with Gasteiger partial charge in [-0.1, -0.05) is 0 Å². The van der Waals surface area contributed by atoms with Gasteiger partial charge in [0.15, 0.2) is 0 Å². The molecule has 6 heteroatoms. The lowest BCUT2D eigenvalue weighted by atomic mass is 10.2. The first-order valence-electron chi connectivity index (χ1n) is 5.72. The lowest BCUT2D eigenvalue weighted by Gasteiger charge is -2.13. The zero-order chi connectivity index (χ0) is 13.8. The number of rotatable bonds is 4. The van der Waals surface area contributed by atoms with Crippen LogP contribution < -0.4 is 20.5 Å². The molecule has 1 aromatic heterocycles. The number of benzene rings is 1. The predicted molar refractivity (Wildman–Crippen MR) is 74.0 cm³/mol. The molecule has 0 aliphatic heterocycles. The zero-order valence-electron chi connectivity index (χ0n) is 11.1. The number of nitrogens with two attached hydrogens (primary N) is 1. The predicted octanol–water partition coefficient (Wildman–Crippen LogP) is 2.13. The molecule has 0 aliphatic carbocycles. The van der Waals surface area contributed by atoms with Crippen molar-refractivity contribution in [1.82, 2.24) is 9.97 Å². The third kappa shape index (κ3) is 2.85. The summed E-state index contributed by atoms with van der Waals surface area (Å²) in [5.74, 6) is 2.26. The van der Waals surface area contributed by atoms with Crippen molar-refractivity contribution in [3.63, 3.8) is 0 Å². The minimum absolute atomic E-state index is 0.223. The van der Waals surface area contributed by atoms with Gasteiger partial charge in [0.05, 0.1) is 19.9 Å². The second-order valence-corrected chi connectivity index (χ2v) is 3.95. The van der Waals surface area contributed by atoms with E-state index < -0.39 is 0 Å². The highest BCUT2D eigenvalue weighted by molar-refractivity contribution is 5.67. The van der Waals surface area contributed by atoms with E-state index >= 15 is 0 Å². The van der Waals surface area contributed by atoms with Crippen LogP contribution in [0.2, 0.25) is 0 Å². The van der Waals surface area contributed by atoms with Crippen molar-refractivity contribution >= 4 is 17.5 Å². The molecule has 0 radical (unpaired) electrons. The van der Waals surface area contributed by atoms with Crippen LogP contribution in [0.3, 0.4) is 0 Å². The topological polar surface area (TPSA) is 82.3 Å². The number of nitrogens with zero attached hydrogens (tertiary/aromatic N) is 2. The van der Waals surface area contributed by atoms with Crippen molar-refractivity contribution in [3.8, 4) is 11.5 Å². The highest BCUT2D eigenvalue weighted by Gasteiger charge is 2.08. The molecule has 0 unspecified atom stereocenters. The van der Waals surface area contributed by atoms with Crippen LogP contribution in [0.25, 0.3) is 0 Å². The van der Waals surface area contributed by atoms with Gasteiger partial charge in [0.1, 0.15) is 17.3 Å². The minimum Gasteiger partial charge on any atom is -0.497 e. The molecule has 0 fully saturated rings. The quantitative estimate of drug-likeness (QED) is 0.876. The van der Waals surface area contributed by atoms with Gasteiger partial charge in [-0.2, -0.15) is 4.98 Å². The largest absolute Gasteiger partial charge is 0.497 e. The SMILES string of the molecule is COc1ccc(Nc2nc(N)ncc2C)c(OC)c1. The number of nitrogens with one attached hydrogen (secondary N) is 1. The highest BCUT2D eigenvalue weighted by Crippen LogP contribution is 2.31. The molecular formula is C13H16N4O2. The molecule has 0 spiro atoms. The zero-order valence-corrected chi connectivity index (χ0v) is 11.1. The van der Waals surface area contributed by atoms with Crippen LogP contribution in [0.1, 0.15) is 5.56 Å². The fourth-order valence-electron chi connectivity index (χ4n) is 1.61. The van der Waals surface area contributed by atoms with Crippen molar-refractivity contribution in [2.24, 2.45) is 0 Å². The third-order valence-electron chi connectivity index (χ3n) is 2.65. The molecule has 3 N–H and O–H groups in total. The second-order valence-electron chi connectivity index (χ2n) is 3.95. The Labute approximate surface area is 111 Å². The molecule has 0 saturated heterocycles. The van der Waals surface area contributed by atoms with Gasteiger partial charge >= 0.3 is 0 Å². The molecule has 1 heterocycles. The van der Waals surface area contributed by atoms with Crippen molar-refractivity contribution in [2.45, 2.75) is 6.92 Å². The summed E-state index contributed by atoms with van der Waals surface area (Å²) < 4.78 is 10.5. The van der Waals surface area contributed by atoms with Crippen LogP contribution in [0, 0.1) is 6.92 Å². The van der Waals surface area contributed by atoms with Crippen LogP contribution in [0.5, 0.6) is 11.5 Å². The summed E-state index contributed by atoms with van der Waals surface area (Å²) >= 11 is 0. The molecule has 2 rings (SSSR count). The Morgan fingerprint density at radius 3 is 2.68 bits per heavy atom. The van der Waals surface area contributed by atoms with Gasteiger partial charge in [-0.15, -0.1) is 0 Å². The first-order valence-corrected chi connectivity index (χ1v) is 5.72. The van der Waals surface area contributed by atoms with E-state index in [1.54, 1.807) is 26.5 Å². The molecule has 1 aromatic carbocycles. The number of anilines is 3. The van der Waals surface area contributed by atoms with E-state index in [0.29, 0.717) is 11.6 Å². The Morgan fingerprint density at radius 1 is 1.21 bits per heavy atom. The van der Waals surface area contributed by atoms with Crippen LogP contribution in [-0.2, 0) is 0 Å². The lowest BCUT2D eigenvalue weighted by Crippen LogP contribution is -2.03. The Balaban J connectivity index is 2.35. The number of aromatic nitrogens is 2. The normalized spacial score (nSPS) is 10.1. The maximum atomic E-state index is 5.58. The van der Waals surface area contributed by atoms with Gasteiger partial charge in [-0.25, -0.2) is 4.98 Å². The molecule has 0 saturated carbocycles. The average Bonchev–Trinajstić information content (AvgIpc) is 2.43. The Hall–Kier alpha value is -2.50. The standard InChI is InChI=1S/C13H16N4O2/c1-8-7-15-13(14)17-12(8)16-10-5-4-9(18-2)6-11(10)19-3/h4-7H,1-3H3,(H3,14,15,16,17). The van der Waals surface area contributed by atoms with E-state index in [1.165, 1.54) is 0 Å². The number of hydrogen-bond acceptors (Lipinski definition) is 6. The molecule has 0 aliphatic rings. The van der Waals surface area contributed by atoms with Crippen molar-refractivity contribution in [3.05, 3.63) is 30.0 Å². The molecule has 100 valence electrons. The second kappa shape index (κ2) is 5.43. The van der Waals surface area contributed by atoms with Gasteiger partial charge < -0.3 is 20.5 Å². The van der Waals surface area contributed by atoms with Gasteiger partial charge in [-0.05, 0) is 19.1 Å². The fourth-order valence-corrected chi connectivity index (χ4v) is 1.61. The third-order valence-corrected chi connectivity index (χ3v) is 2.65. The van der Waals surface area contributed by atoms with Gasteiger partial charge in [0.2, 0.25) is 5.95 Å². The number of nitrogen functional groups attached to an aromatic ring is 1. The minimum atomic E-state index is 0.223. The summed E-state index contributed by atoms with van der Waals surface area (Å²) in [5.41, 5.74) is 7.26. The smallest absolute Gasteiger partial charge is 0.221 e. The van der Waals surface area contributed by atoms with E-state index in [9.17, 15) is 0 Å². The summed E-state index contributed by atoms with van der Waals surface area (Å²) in [6, 6.07) is 5.49. The molecule has 0 bridgehead atoms. The van der Waals surface area contributed by atoms with E-state index in [-0.39, 0.29) is 5.95 Å².